The molecule has 1 aliphatic heterocycles. The minimum atomic E-state index is -0.725. The number of carbonyl (C=O) groups excluding carboxylic acids is 1. The smallest absolute Gasteiger partial charge is 0.271 e. The van der Waals surface area contributed by atoms with Crippen LogP contribution in [0.4, 0.5) is 10.1 Å². The first-order chi connectivity index (χ1) is 22.4. The first-order valence-electron chi connectivity index (χ1n) is 14.4. The van der Waals surface area contributed by atoms with E-state index in [1.165, 1.54) is 24.5 Å². The van der Waals surface area contributed by atoms with Crippen molar-refractivity contribution < 1.29 is 23.4 Å². The number of allylic oxidation sites excluding steroid dienone is 1. The Balaban J connectivity index is 1.38. The summed E-state index contributed by atoms with van der Waals surface area (Å²) in [6.45, 7) is 1.81. The molecule has 1 aromatic heterocycles. The third-order valence-corrected chi connectivity index (χ3v) is 8.54. The Hall–Kier alpha value is -5.48. The third-order valence-electron chi connectivity index (χ3n) is 7.56. The summed E-state index contributed by atoms with van der Waals surface area (Å²) in [6, 6.07) is 27.4. The molecule has 10 heteroatoms. The molecule has 0 spiro atoms. The molecule has 1 aliphatic rings. The van der Waals surface area contributed by atoms with Crippen LogP contribution in [0.1, 0.15) is 29.7 Å². The van der Waals surface area contributed by atoms with Crippen LogP contribution < -0.4 is 34.4 Å². The van der Waals surface area contributed by atoms with E-state index < -0.39 is 6.04 Å². The van der Waals surface area contributed by atoms with E-state index >= 15 is 0 Å². The Morgan fingerprint density at radius 1 is 0.957 bits per heavy atom. The van der Waals surface area contributed by atoms with Crippen molar-refractivity contribution in [2.75, 3.05) is 19.5 Å². The lowest BCUT2D eigenvalue weighted by Gasteiger charge is -2.25. The lowest BCUT2D eigenvalue weighted by atomic mass is 9.95. The number of aromatic nitrogens is 1. The summed E-state index contributed by atoms with van der Waals surface area (Å²) >= 11 is 1.24. The first-order valence-corrected chi connectivity index (χ1v) is 15.2. The van der Waals surface area contributed by atoms with Crippen LogP contribution in [0.2, 0.25) is 0 Å². The summed E-state index contributed by atoms with van der Waals surface area (Å²) in [5.74, 6) is 0.830. The Morgan fingerprint density at radius 3 is 2.41 bits per heavy atom. The lowest BCUT2D eigenvalue weighted by molar-refractivity contribution is -0.113. The van der Waals surface area contributed by atoms with Crippen molar-refractivity contribution in [3.8, 4) is 17.2 Å². The Morgan fingerprint density at radius 2 is 1.70 bits per heavy atom. The van der Waals surface area contributed by atoms with Crippen molar-refractivity contribution in [3.05, 3.63) is 151 Å². The number of rotatable bonds is 9. The highest BCUT2D eigenvalue weighted by Gasteiger charge is 2.32. The van der Waals surface area contributed by atoms with E-state index in [0.29, 0.717) is 54.7 Å². The van der Waals surface area contributed by atoms with Gasteiger partial charge in [-0.05, 0) is 66.6 Å². The number of ether oxygens (including phenoxy) is 3. The minimum absolute atomic E-state index is 0.0336. The van der Waals surface area contributed by atoms with Crippen LogP contribution in [0, 0.1) is 5.82 Å². The van der Waals surface area contributed by atoms with Gasteiger partial charge < -0.3 is 19.5 Å². The second-order valence-electron chi connectivity index (χ2n) is 10.5. The number of nitrogens with zero attached hydrogens (tertiary/aromatic N) is 2. The fourth-order valence-corrected chi connectivity index (χ4v) is 6.30. The van der Waals surface area contributed by atoms with Crippen LogP contribution in [0.3, 0.4) is 0 Å². The number of para-hydroxylation sites is 1. The molecule has 0 aliphatic carbocycles. The molecular formula is C36H30FN3O5S. The number of carbonyl (C=O) groups is 1. The van der Waals surface area contributed by atoms with Gasteiger partial charge in [0.1, 0.15) is 18.2 Å². The maximum atomic E-state index is 14.1. The number of thiazole rings is 1. The maximum Gasteiger partial charge on any atom is 0.271 e. The van der Waals surface area contributed by atoms with E-state index in [2.05, 4.69) is 5.32 Å². The van der Waals surface area contributed by atoms with Crippen molar-refractivity contribution in [2.24, 2.45) is 4.99 Å². The summed E-state index contributed by atoms with van der Waals surface area (Å²) in [6.07, 6.45) is 1.75. The topological polar surface area (TPSA) is 91.2 Å². The van der Waals surface area contributed by atoms with E-state index in [9.17, 15) is 14.0 Å². The number of hydrogen-bond acceptors (Lipinski definition) is 7. The molecular weight excluding hydrogens is 605 g/mol. The summed E-state index contributed by atoms with van der Waals surface area (Å²) < 4.78 is 32.8. The summed E-state index contributed by atoms with van der Waals surface area (Å²) in [5, 5.41) is 2.96. The predicted octanol–water partition coefficient (Wildman–Crippen LogP) is 5.61. The minimum Gasteiger partial charge on any atom is -0.497 e. The average molecular weight is 636 g/mol. The van der Waals surface area contributed by atoms with Crippen LogP contribution in [0.5, 0.6) is 17.2 Å². The molecule has 4 aromatic carbocycles. The Labute approximate surface area is 268 Å². The van der Waals surface area contributed by atoms with E-state index in [-0.39, 0.29) is 23.9 Å². The van der Waals surface area contributed by atoms with Crippen LogP contribution in [0.25, 0.3) is 6.08 Å². The molecule has 1 atom stereocenters. The van der Waals surface area contributed by atoms with Crippen LogP contribution in [-0.4, -0.2) is 24.7 Å². The highest BCUT2D eigenvalue weighted by molar-refractivity contribution is 7.07. The van der Waals surface area contributed by atoms with Gasteiger partial charge in [0.25, 0.3) is 11.5 Å². The number of methoxy groups -OCH3 is 2. The SMILES string of the molecule is COc1ccc([C@@H]2C(C(=O)Nc3ccccc3)=C(C)N=c3s/c(=C/c4ccc(OCc5ccccc5F)c(OC)c4)c(=O)n32)cc1. The highest BCUT2D eigenvalue weighted by atomic mass is 32.1. The molecule has 46 heavy (non-hydrogen) atoms. The average Bonchev–Trinajstić information content (AvgIpc) is 3.38. The van der Waals surface area contributed by atoms with Crippen molar-refractivity contribution in [1.82, 2.24) is 4.57 Å². The van der Waals surface area contributed by atoms with E-state index in [1.54, 1.807) is 85.3 Å². The van der Waals surface area contributed by atoms with Crippen molar-refractivity contribution in [2.45, 2.75) is 19.6 Å². The number of anilines is 1. The monoisotopic (exact) mass is 635 g/mol. The van der Waals surface area contributed by atoms with Crippen LogP contribution >= 0.6 is 11.3 Å². The van der Waals surface area contributed by atoms with Crippen molar-refractivity contribution in [1.29, 1.82) is 0 Å². The summed E-state index contributed by atoms with van der Waals surface area (Å²) in [4.78, 5) is 33.0. The van der Waals surface area contributed by atoms with Gasteiger partial charge in [0.15, 0.2) is 16.3 Å². The molecule has 8 nitrogen and oxygen atoms in total. The van der Waals surface area contributed by atoms with Gasteiger partial charge in [-0.3, -0.25) is 14.2 Å². The van der Waals surface area contributed by atoms with Gasteiger partial charge >= 0.3 is 0 Å². The predicted molar refractivity (Wildman–Crippen MR) is 176 cm³/mol. The molecule has 0 saturated heterocycles. The molecule has 2 heterocycles. The Kier molecular flexibility index (Phi) is 8.80. The largest absolute Gasteiger partial charge is 0.497 e. The van der Waals surface area contributed by atoms with Gasteiger partial charge in [-0.1, -0.05) is 65.9 Å². The second kappa shape index (κ2) is 13.3. The van der Waals surface area contributed by atoms with Crippen molar-refractivity contribution >= 4 is 29.0 Å². The summed E-state index contributed by atoms with van der Waals surface area (Å²) in [7, 11) is 3.10. The van der Waals surface area contributed by atoms with Crippen molar-refractivity contribution in [3.63, 3.8) is 0 Å². The molecule has 0 bridgehead atoms. The van der Waals surface area contributed by atoms with Crippen LogP contribution in [-0.2, 0) is 11.4 Å². The highest BCUT2D eigenvalue weighted by Crippen LogP contribution is 2.32. The third kappa shape index (κ3) is 6.20. The number of hydrogen-bond donors (Lipinski definition) is 1. The fourth-order valence-electron chi connectivity index (χ4n) is 5.25. The maximum absolute atomic E-state index is 14.1. The van der Waals surface area contributed by atoms with Gasteiger partial charge in [-0.2, -0.15) is 0 Å². The normalized spacial score (nSPS) is 14.3. The molecule has 0 saturated carbocycles. The standard InChI is InChI=1S/C36H30FN3O5S/c1-22-32(34(41)39-26-10-5-4-6-11-26)33(24-14-16-27(43-2)17-15-24)40-35(42)31(46-36(40)38-22)20-23-13-18-29(30(19-23)44-3)45-21-25-9-7-8-12-28(25)37/h4-20,33H,21H2,1-3H3,(H,39,41)/b31-20+/t33-/m1/s1. The number of benzene rings is 4. The molecule has 5 aromatic rings. The zero-order valence-corrected chi connectivity index (χ0v) is 26.1. The van der Waals surface area contributed by atoms with Gasteiger partial charge in [0, 0.05) is 11.3 Å². The number of halogens is 1. The van der Waals surface area contributed by atoms with E-state index in [0.717, 1.165) is 5.56 Å². The quantitative estimate of drug-likeness (QED) is 0.228. The van der Waals surface area contributed by atoms with Gasteiger partial charge in [0.05, 0.1) is 36.1 Å². The van der Waals surface area contributed by atoms with Gasteiger partial charge in [-0.25, -0.2) is 9.38 Å². The molecule has 0 radical (unpaired) electrons. The van der Waals surface area contributed by atoms with Crippen LogP contribution in [0.15, 0.2) is 118 Å². The number of nitrogens with one attached hydrogen (secondary N) is 1. The van der Waals surface area contributed by atoms with E-state index in [4.69, 9.17) is 19.2 Å². The summed E-state index contributed by atoms with van der Waals surface area (Å²) in [5.41, 5.74) is 3.08. The van der Waals surface area contributed by atoms with Gasteiger partial charge in [-0.15, -0.1) is 0 Å². The van der Waals surface area contributed by atoms with E-state index in [1.807, 2.05) is 30.3 Å². The zero-order chi connectivity index (χ0) is 32.2. The lowest BCUT2D eigenvalue weighted by Crippen LogP contribution is -2.40. The molecule has 0 fully saturated rings. The zero-order valence-electron chi connectivity index (χ0n) is 25.3. The fraction of sp³-hybridized carbons (Fsp3) is 0.139. The molecule has 0 unspecified atom stereocenters. The first kappa shape index (κ1) is 30.5. The van der Waals surface area contributed by atoms with Gasteiger partial charge in [0.2, 0.25) is 0 Å². The molecule has 232 valence electrons. The number of amides is 1. The second-order valence-corrected chi connectivity index (χ2v) is 11.5. The molecule has 6 rings (SSSR count). The Bertz CT molecular complexity index is 2120. The molecule has 1 N–H and O–H groups in total. The number of fused-ring (bicyclic) bond motifs is 1. The molecule has 1 amide bonds.